The van der Waals surface area contributed by atoms with Crippen molar-refractivity contribution in [2.75, 3.05) is 11.9 Å². The van der Waals surface area contributed by atoms with Crippen molar-refractivity contribution in [1.82, 2.24) is 4.98 Å². The highest BCUT2D eigenvalue weighted by atomic mass is 16.6. The standard InChI is InChI=1S/C14H23N3O2/c1-12(2)7-5-3-4-6-9-16-13-8-10-15-11-14(13)17(18)19/h8,10-12H,3-7,9H2,1-2H3,(H,15,16). The quantitative estimate of drug-likeness (QED) is 0.416. The van der Waals surface area contributed by atoms with Gasteiger partial charge in [0.05, 0.1) is 4.92 Å². The zero-order valence-electron chi connectivity index (χ0n) is 11.8. The number of nitro groups is 1. The molecule has 1 heterocycles. The first-order valence-electron chi connectivity index (χ1n) is 6.93. The Hall–Kier alpha value is -1.65. The summed E-state index contributed by atoms with van der Waals surface area (Å²) in [7, 11) is 0. The largest absolute Gasteiger partial charge is 0.379 e. The lowest BCUT2D eigenvalue weighted by molar-refractivity contribution is -0.384. The minimum absolute atomic E-state index is 0.0438. The average Bonchev–Trinajstić information content (AvgIpc) is 2.37. The lowest BCUT2D eigenvalue weighted by Gasteiger charge is -2.07. The summed E-state index contributed by atoms with van der Waals surface area (Å²) in [4.78, 5) is 14.2. The van der Waals surface area contributed by atoms with Crippen molar-refractivity contribution in [3.63, 3.8) is 0 Å². The third-order valence-electron chi connectivity index (χ3n) is 3.02. The number of unbranched alkanes of at least 4 members (excludes halogenated alkanes) is 3. The topological polar surface area (TPSA) is 68.1 Å². The summed E-state index contributed by atoms with van der Waals surface area (Å²) in [5.41, 5.74) is 0.601. The lowest BCUT2D eigenvalue weighted by Crippen LogP contribution is -2.04. The molecule has 19 heavy (non-hydrogen) atoms. The predicted octanol–water partition coefficient (Wildman–Crippen LogP) is 4.01. The van der Waals surface area contributed by atoms with E-state index >= 15 is 0 Å². The number of hydrogen-bond donors (Lipinski definition) is 1. The molecule has 1 aromatic rings. The van der Waals surface area contributed by atoms with Crippen molar-refractivity contribution in [2.24, 2.45) is 5.92 Å². The Morgan fingerprint density at radius 3 is 2.74 bits per heavy atom. The van der Waals surface area contributed by atoms with E-state index < -0.39 is 4.92 Å². The van der Waals surface area contributed by atoms with Crippen LogP contribution in [0.3, 0.4) is 0 Å². The SMILES string of the molecule is CC(C)CCCCCCNc1ccncc1[N+](=O)[O-]. The van der Waals surface area contributed by atoms with Gasteiger partial charge in [-0.1, -0.05) is 39.5 Å². The first-order chi connectivity index (χ1) is 9.11. The van der Waals surface area contributed by atoms with Crippen LogP contribution >= 0.6 is 0 Å². The van der Waals surface area contributed by atoms with Crippen molar-refractivity contribution in [3.05, 3.63) is 28.6 Å². The molecule has 0 bridgehead atoms. The van der Waals surface area contributed by atoms with E-state index in [0.29, 0.717) is 5.69 Å². The zero-order chi connectivity index (χ0) is 14.1. The molecule has 1 aromatic heterocycles. The third-order valence-corrected chi connectivity index (χ3v) is 3.02. The summed E-state index contributed by atoms with van der Waals surface area (Å²) in [5.74, 6) is 0.776. The van der Waals surface area contributed by atoms with Crippen molar-refractivity contribution in [2.45, 2.75) is 46.0 Å². The summed E-state index contributed by atoms with van der Waals surface area (Å²) < 4.78 is 0. The van der Waals surface area contributed by atoms with Gasteiger partial charge < -0.3 is 5.32 Å². The Bertz CT molecular complexity index is 394. The van der Waals surface area contributed by atoms with Crippen LogP contribution in [0.4, 0.5) is 11.4 Å². The van der Waals surface area contributed by atoms with Gasteiger partial charge in [-0.15, -0.1) is 0 Å². The monoisotopic (exact) mass is 265 g/mol. The second kappa shape index (κ2) is 8.45. The van der Waals surface area contributed by atoms with Gasteiger partial charge in [0.15, 0.2) is 0 Å². The number of hydrogen-bond acceptors (Lipinski definition) is 4. The summed E-state index contributed by atoms with van der Waals surface area (Å²) in [6.07, 6.45) is 8.84. The van der Waals surface area contributed by atoms with E-state index in [1.807, 2.05) is 0 Å². The molecule has 0 aromatic carbocycles. The molecular weight excluding hydrogens is 242 g/mol. The molecule has 0 radical (unpaired) electrons. The fourth-order valence-electron chi connectivity index (χ4n) is 1.94. The molecule has 0 aliphatic carbocycles. The highest BCUT2D eigenvalue weighted by Gasteiger charge is 2.11. The van der Waals surface area contributed by atoms with E-state index in [1.54, 1.807) is 12.3 Å². The highest BCUT2D eigenvalue weighted by Crippen LogP contribution is 2.21. The number of aromatic nitrogens is 1. The molecule has 0 fully saturated rings. The summed E-state index contributed by atoms with van der Waals surface area (Å²) in [5, 5.41) is 13.9. The molecule has 0 spiro atoms. The first kappa shape index (κ1) is 15.4. The van der Waals surface area contributed by atoms with E-state index in [4.69, 9.17) is 0 Å². The van der Waals surface area contributed by atoms with Crippen molar-refractivity contribution >= 4 is 11.4 Å². The number of anilines is 1. The minimum atomic E-state index is -0.405. The fraction of sp³-hybridized carbons (Fsp3) is 0.643. The van der Waals surface area contributed by atoms with Gasteiger partial charge in [-0.3, -0.25) is 15.1 Å². The van der Waals surface area contributed by atoms with E-state index in [-0.39, 0.29) is 5.69 Å². The summed E-state index contributed by atoms with van der Waals surface area (Å²) >= 11 is 0. The second-order valence-corrected chi connectivity index (χ2v) is 5.17. The number of pyridine rings is 1. The maximum absolute atomic E-state index is 10.8. The summed E-state index contributed by atoms with van der Waals surface area (Å²) in [6, 6.07) is 1.65. The van der Waals surface area contributed by atoms with Crippen LogP contribution in [0.5, 0.6) is 0 Å². The minimum Gasteiger partial charge on any atom is -0.379 e. The lowest BCUT2D eigenvalue weighted by atomic mass is 10.0. The molecule has 0 saturated heterocycles. The highest BCUT2D eigenvalue weighted by molar-refractivity contribution is 5.59. The number of rotatable bonds is 9. The van der Waals surface area contributed by atoms with Gasteiger partial charge in [-0.2, -0.15) is 0 Å². The predicted molar refractivity (Wildman–Crippen MR) is 77.3 cm³/mol. The van der Waals surface area contributed by atoms with Crippen LogP contribution in [0.1, 0.15) is 46.0 Å². The Kier molecular flexibility index (Phi) is 6.85. The maximum atomic E-state index is 10.8. The molecule has 1 N–H and O–H groups in total. The molecule has 0 aliphatic heterocycles. The molecule has 1 rings (SSSR count). The number of nitrogens with zero attached hydrogens (tertiary/aromatic N) is 2. The van der Waals surface area contributed by atoms with Gasteiger partial charge in [0.25, 0.3) is 0 Å². The normalized spacial score (nSPS) is 10.7. The van der Waals surface area contributed by atoms with Crippen LogP contribution in [0.15, 0.2) is 18.5 Å². The molecule has 5 heteroatoms. The second-order valence-electron chi connectivity index (χ2n) is 5.17. The molecule has 0 aliphatic rings. The van der Waals surface area contributed by atoms with E-state index in [9.17, 15) is 10.1 Å². The van der Waals surface area contributed by atoms with Gasteiger partial charge in [-0.05, 0) is 18.4 Å². The number of nitrogens with one attached hydrogen (secondary N) is 1. The van der Waals surface area contributed by atoms with Crippen molar-refractivity contribution in [3.8, 4) is 0 Å². The molecule has 0 saturated carbocycles. The Balaban J connectivity index is 2.21. The summed E-state index contributed by atoms with van der Waals surface area (Å²) in [6.45, 7) is 5.25. The van der Waals surface area contributed by atoms with Gasteiger partial charge in [-0.25, -0.2) is 0 Å². The molecule has 0 unspecified atom stereocenters. The zero-order valence-corrected chi connectivity index (χ0v) is 11.8. The van der Waals surface area contributed by atoms with Crippen molar-refractivity contribution < 1.29 is 4.92 Å². The first-order valence-corrected chi connectivity index (χ1v) is 6.93. The van der Waals surface area contributed by atoms with E-state index in [2.05, 4.69) is 24.1 Å². The Labute approximate surface area is 114 Å². The molecule has 0 atom stereocenters. The Morgan fingerprint density at radius 1 is 1.32 bits per heavy atom. The average molecular weight is 265 g/mol. The third kappa shape index (κ3) is 6.18. The smallest absolute Gasteiger partial charge is 0.310 e. The van der Waals surface area contributed by atoms with Crippen molar-refractivity contribution in [1.29, 1.82) is 0 Å². The van der Waals surface area contributed by atoms with Crippen LogP contribution in [-0.2, 0) is 0 Å². The van der Waals surface area contributed by atoms with Gasteiger partial charge in [0, 0.05) is 12.7 Å². The van der Waals surface area contributed by atoms with Gasteiger partial charge in [0.1, 0.15) is 11.9 Å². The van der Waals surface area contributed by atoms with E-state index in [0.717, 1.165) is 18.9 Å². The van der Waals surface area contributed by atoms with Gasteiger partial charge >= 0.3 is 5.69 Å². The van der Waals surface area contributed by atoms with Gasteiger partial charge in [0.2, 0.25) is 0 Å². The van der Waals surface area contributed by atoms with Crippen LogP contribution < -0.4 is 5.32 Å². The molecule has 5 nitrogen and oxygen atoms in total. The molecule has 106 valence electrons. The van der Waals surface area contributed by atoms with Crippen LogP contribution in [0.2, 0.25) is 0 Å². The van der Waals surface area contributed by atoms with Crippen LogP contribution in [-0.4, -0.2) is 16.5 Å². The fourth-order valence-corrected chi connectivity index (χ4v) is 1.94. The molecular formula is C14H23N3O2. The van der Waals surface area contributed by atoms with Crippen LogP contribution in [0, 0.1) is 16.0 Å². The van der Waals surface area contributed by atoms with Crippen LogP contribution in [0.25, 0.3) is 0 Å². The Morgan fingerprint density at radius 2 is 2.05 bits per heavy atom. The molecule has 0 amide bonds. The van der Waals surface area contributed by atoms with E-state index in [1.165, 1.54) is 31.9 Å². The maximum Gasteiger partial charge on any atom is 0.310 e.